The zero-order valence-corrected chi connectivity index (χ0v) is 15.3. The molecule has 4 aromatic rings. The van der Waals surface area contributed by atoms with Gasteiger partial charge in [0.2, 0.25) is 0 Å². The van der Waals surface area contributed by atoms with E-state index in [0.717, 1.165) is 40.5 Å². The van der Waals surface area contributed by atoms with Gasteiger partial charge in [0.05, 0.1) is 34.2 Å². The van der Waals surface area contributed by atoms with Crippen LogP contribution in [0.2, 0.25) is 0 Å². The number of nitrogens with one attached hydrogen (secondary N) is 1. The molecule has 0 atom stereocenters. The topological polar surface area (TPSA) is 55.6 Å². The summed E-state index contributed by atoms with van der Waals surface area (Å²) in [6, 6.07) is 8.33. The van der Waals surface area contributed by atoms with E-state index in [4.69, 9.17) is 0 Å². The van der Waals surface area contributed by atoms with E-state index in [1.54, 1.807) is 11.3 Å². The maximum atomic E-state index is 4.61. The lowest BCUT2D eigenvalue weighted by molar-refractivity contribution is 0.886. The predicted molar refractivity (Wildman–Crippen MR) is 103 cm³/mol. The van der Waals surface area contributed by atoms with Crippen LogP contribution in [0.5, 0.6) is 0 Å². The van der Waals surface area contributed by atoms with Crippen LogP contribution in [0, 0.1) is 6.92 Å². The Balaban J connectivity index is 1.69. The summed E-state index contributed by atoms with van der Waals surface area (Å²) in [4.78, 5) is 14.8. The number of fused-ring (bicyclic) bond motifs is 1. The molecule has 0 spiro atoms. The zero-order chi connectivity index (χ0) is 17.4. The molecular formula is C19H19N5S. The van der Waals surface area contributed by atoms with E-state index in [1.807, 2.05) is 32.4 Å². The van der Waals surface area contributed by atoms with Gasteiger partial charge in [0, 0.05) is 13.1 Å². The standard InChI is InChI=1S/C19H19N5S/c1-4-13-8-14(18-6-5-7-25-18)20-10-15(13)23-19-9-17-16(11-21-19)22-12(2)24(17)3/h5-11H,4H2,1-3H3,(H,21,23). The van der Waals surface area contributed by atoms with Crippen LogP contribution in [0.1, 0.15) is 18.3 Å². The molecule has 0 aliphatic rings. The highest BCUT2D eigenvalue weighted by Crippen LogP contribution is 2.28. The molecule has 0 saturated carbocycles. The fourth-order valence-electron chi connectivity index (χ4n) is 2.88. The van der Waals surface area contributed by atoms with Crippen molar-refractivity contribution in [1.82, 2.24) is 19.5 Å². The first-order valence-corrected chi connectivity index (χ1v) is 9.12. The van der Waals surface area contributed by atoms with E-state index in [9.17, 15) is 0 Å². The second kappa shape index (κ2) is 6.29. The summed E-state index contributed by atoms with van der Waals surface area (Å²) < 4.78 is 2.07. The summed E-state index contributed by atoms with van der Waals surface area (Å²) in [5.41, 5.74) is 5.21. The van der Waals surface area contributed by atoms with Crippen LogP contribution in [-0.4, -0.2) is 19.5 Å². The summed E-state index contributed by atoms with van der Waals surface area (Å²) in [6.45, 7) is 4.15. The van der Waals surface area contributed by atoms with Crippen molar-refractivity contribution in [3.63, 3.8) is 0 Å². The molecule has 126 valence electrons. The van der Waals surface area contributed by atoms with Crippen molar-refractivity contribution < 1.29 is 0 Å². The van der Waals surface area contributed by atoms with Gasteiger partial charge in [-0.1, -0.05) is 13.0 Å². The Kier molecular flexibility index (Phi) is 3.97. The van der Waals surface area contributed by atoms with E-state index in [1.165, 1.54) is 10.4 Å². The molecule has 0 aromatic carbocycles. The van der Waals surface area contributed by atoms with Gasteiger partial charge in [-0.05, 0) is 36.4 Å². The SMILES string of the molecule is CCc1cc(-c2cccs2)ncc1Nc1cc2c(cn1)nc(C)n2C. The normalized spacial score (nSPS) is 11.2. The predicted octanol–water partition coefficient (Wildman–Crippen LogP) is 4.71. The van der Waals surface area contributed by atoms with Gasteiger partial charge < -0.3 is 9.88 Å². The first kappa shape index (κ1) is 15.8. The highest BCUT2D eigenvalue weighted by molar-refractivity contribution is 7.13. The van der Waals surface area contributed by atoms with Crippen molar-refractivity contribution in [1.29, 1.82) is 0 Å². The Bertz CT molecular complexity index is 1030. The minimum Gasteiger partial charge on any atom is -0.339 e. The second-order valence-electron chi connectivity index (χ2n) is 5.96. The lowest BCUT2D eigenvalue weighted by Crippen LogP contribution is -1.99. The molecule has 4 aromatic heterocycles. The van der Waals surface area contributed by atoms with Crippen LogP contribution in [0.3, 0.4) is 0 Å². The third-order valence-electron chi connectivity index (χ3n) is 4.40. The Morgan fingerprint density at radius 2 is 2.08 bits per heavy atom. The van der Waals surface area contributed by atoms with E-state index in [2.05, 4.69) is 55.3 Å². The molecule has 0 unspecified atom stereocenters. The van der Waals surface area contributed by atoms with E-state index >= 15 is 0 Å². The first-order valence-electron chi connectivity index (χ1n) is 8.24. The van der Waals surface area contributed by atoms with Crippen molar-refractivity contribution in [2.45, 2.75) is 20.3 Å². The number of hydrogen-bond acceptors (Lipinski definition) is 5. The van der Waals surface area contributed by atoms with Crippen LogP contribution in [0.25, 0.3) is 21.6 Å². The van der Waals surface area contributed by atoms with Gasteiger partial charge in [0.15, 0.2) is 0 Å². The van der Waals surface area contributed by atoms with E-state index in [-0.39, 0.29) is 0 Å². The third kappa shape index (κ3) is 2.89. The van der Waals surface area contributed by atoms with Gasteiger partial charge in [-0.3, -0.25) is 4.98 Å². The fourth-order valence-corrected chi connectivity index (χ4v) is 3.58. The first-order chi connectivity index (χ1) is 12.2. The van der Waals surface area contributed by atoms with Crippen molar-refractivity contribution in [2.75, 3.05) is 5.32 Å². The van der Waals surface area contributed by atoms with Crippen LogP contribution in [-0.2, 0) is 13.5 Å². The minimum atomic E-state index is 0.802. The van der Waals surface area contributed by atoms with Gasteiger partial charge in [-0.25, -0.2) is 9.97 Å². The second-order valence-corrected chi connectivity index (χ2v) is 6.91. The van der Waals surface area contributed by atoms with Crippen molar-refractivity contribution in [3.8, 4) is 10.6 Å². The Morgan fingerprint density at radius 3 is 2.84 bits per heavy atom. The maximum absolute atomic E-state index is 4.61. The van der Waals surface area contributed by atoms with Crippen molar-refractivity contribution in [3.05, 3.63) is 53.4 Å². The lowest BCUT2D eigenvalue weighted by atomic mass is 10.1. The average molecular weight is 349 g/mol. The van der Waals surface area contributed by atoms with Gasteiger partial charge in [-0.2, -0.15) is 0 Å². The minimum absolute atomic E-state index is 0.802. The molecule has 0 fully saturated rings. The molecule has 25 heavy (non-hydrogen) atoms. The van der Waals surface area contributed by atoms with Gasteiger partial charge in [0.1, 0.15) is 17.2 Å². The molecule has 5 nitrogen and oxygen atoms in total. The van der Waals surface area contributed by atoms with Crippen LogP contribution in [0.4, 0.5) is 11.5 Å². The molecular weight excluding hydrogens is 330 g/mol. The quantitative estimate of drug-likeness (QED) is 0.580. The number of imidazole rings is 1. The largest absolute Gasteiger partial charge is 0.339 e. The number of anilines is 2. The number of rotatable bonds is 4. The number of aryl methyl sites for hydroxylation is 3. The van der Waals surface area contributed by atoms with Gasteiger partial charge in [0.25, 0.3) is 0 Å². The third-order valence-corrected chi connectivity index (χ3v) is 5.29. The fraction of sp³-hybridized carbons (Fsp3) is 0.211. The summed E-state index contributed by atoms with van der Waals surface area (Å²) in [7, 11) is 2.02. The van der Waals surface area contributed by atoms with Crippen molar-refractivity contribution in [2.24, 2.45) is 7.05 Å². The number of hydrogen-bond donors (Lipinski definition) is 1. The van der Waals surface area contributed by atoms with Crippen LogP contribution < -0.4 is 5.32 Å². The van der Waals surface area contributed by atoms with E-state index < -0.39 is 0 Å². The summed E-state index contributed by atoms with van der Waals surface area (Å²) >= 11 is 1.71. The van der Waals surface area contributed by atoms with Gasteiger partial charge >= 0.3 is 0 Å². The molecule has 0 bridgehead atoms. The number of thiophene rings is 1. The zero-order valence-electron chi connectivity index (χ0n) is 14.4. The maximum Gasteiger partial charge on any atom is 0.132 e. The Morgan fingerprint density at radius 1 is 1.20 bits per heavy atom. The Labute approximate surface area is 150 Å². The highest BCUT2D eigenvalue weighted by atomic mass is 32.1. The smallest absolute Gasteiger partial charge is 0.132 e. The monoisotopic (exact) mass is 349 g/mol. The summed E-state index contributed by atoms with van der Waals surface area (Å²) in [6.07, 6.45) is 4.63. The molecule has 0 amide bonds. The molecule has 0 radical (unpaired) electrons. The number of aromatic nitrogens is 4. The van der Waals surface area contributed by atoms with Crippen molar-refractivity contribution >= 4 is 33.9 Å². The molecule has 0 aliphatic heterocycles. The highest BCUT2D eigenvalue weighted by Gasteiger charge is 2.10. The lowest BCUT2D eigenvalue weighted by Gasteiger charge is -2.11. The molecule has 4 rings (SSSR count). The number of pyridine rings is 2. The van der Waals surface area contributed by atoms with E-state index in [0.29, 0.717) is 0 Å². The number of nitrogens with zero attached hydrogens (tertiary/aromatic N) is 4. The summed E-state index contributed by atoms with van der Waals surface area (Å²) in [5.74, 6) is 1.78. The molecule has 0 aliphatic carbocycles. The molecule has 4 heterocycles. The van der Waals surface area contributed by atoms with Crippen LogP contribution >= 0.6 is 11.3 Å². The van der Waals surface area contributed by atoms with Crippen LogP contribution in [0.15, 0.2) is 42.0 Å². The molecule has 6 heteroatoms. The average Bonchev–Trinajstić information content (AvgIpc) is 3.25. The Hall–Kier alpha value is -2.73. The molecule has 0 saturated heterocycles. The van der Waals surface area contributed by atoms with Gasteiger partial charge in [-0.15, -0.1) is 11.3 Å². The summed E-state index contributed by atoms with van der Waals surface area (Å²) in [5, 5.41) is 5.49. The molecule has 1 N–H and O–H groups in total.